The van der Waals surface area contributed by atoms with Crippen LogP contribution in [0.3, 0.4) is 0 Å². The van der Waals surface area contributed by atoms with Crippen LogP contribution in [-0.4, -0.2) is 44.8 Å². The molecule has 17 heavy (non-hydrogen) atoms. The summed E-state index contributed by atoms with van der Waals surface area (Å²) in [5, 5.41) is 3.49. The van der Waals surface area contributed by atoms with Crippen molar-refractivity contribution >= 4 is 0 Å². The Hall–Kier alpha value is -0.160. The van der Waals surface area contributed by atoms with Gasteiger partial charge in [-0.3, -0.25) is 0 Å². The Morgan fingerprint density at radius 1 is 1.29 bits per heavy atom. The topological polar surface area (TPSA) is 39.7 Å². The molecule has 0 aromatic rings. The van der Waals surface area contributed by atoms with Crippen LogP contribution < -0.4 is 5.32 Å². The third kappa shape index (κ3) is 5.82. The van der Waals surface area contributed by atoms with E-state index in [2.05, 4.69) is 12.2 Å². The van der Waals surface area contributed by atoms with E-state index in [-0.39, 0.29) is 6.29 Å². The Kier molecular flexibility index (Phi) is 7.77. The fourth-order valence-corrected chi connectivity index (χ4v) is 2.14. The van der Waals surface area contributed by atoms with Crippen LogP contribution in [0.5, 0.6) is 0 Å². The highest BCUT2D eigenvalue weighted by Gasteiger charge is 2.21. The molecule has 1 fully saturated rings. The number of rotatable bonds is 9. The van der Waals surface area contributed by atoms with Crippen LogP contribution >= 0.6 is 0 Å². The Labute approximate surface area is 105 Å². The standard InChI is InChI=1S/C13H27NO3/c1-4-15-13(16-5-2)8-9-14-11(3)12-7-6-10-17-12/h11-14H,4-10H2,1-3H3. The zero-order valence-electron chi connectivity index (χ0n) is 11.4. The highest BCUT2D eigenvalue weighted by Crippen LogP contribution is 2.15. The molecule has 1 heterocycles. The first-order valence-corrected chi connectivity index (χ1v) is 6.86. The molecule has 0 aromatic heterocycles. The molecule has 1 rings (SSSR count). The maximum atomic E-state index is 5.64. The van der Waals surface area contributed by atoms with Gasteiger partial charge in [0, 0.05) is 38.8 Å². The van der Waals surface area contributed by atoms with Gasteiger partial charge in [0.05, 0.1) is 6.10 Å². The molecule has 0 spiro atoms. The number of hydrogen-bond donors (Lipinski definition) is 1. The Bertz CT molecular complexity index is 176. The minimum atomic E-state index is -0.0748. The quantitative estimate of drug-likeness (QED) is 0.630. The van der Waals surface area contributed by atoms with Gasteiger partial charge >= 0.3 is 0 Å². The normalized spacial score (nSPS) is 22.2. The monoisotopic (exact) mass is 245 g/mol. The van der Waals surface area contributed by atoms with Crippen LogP contribution in [0, 0.1) is 0 Å². The van der Waals surface area contributed by atoms with Crippen molar-refractivity contribution in [2.75, 3.05) is 26.4 Å². The van der Waals surface area contributed by atoms with Gasteiger partial charge in [0.1, 0.15) is 0 Å². The van der Waals surface area contributed by atoms with Gasteiger partial charge in [-0.15, -0.1) is 0 Å². The molecule has 102 valence electrons. The average molecular weight is 245 g/mol. The van der Waals surface area contributed by atoms with Crippen molar-refractivity contribution in [3.05, 3.63) is 0 Å². The van der Waals surface area contributed by atoms with E-state index in [4.69, 9.17) is 14.2 Å². The second-order valence-electron chi connectivity index (χ2n) is 4.42. The molecule has 2 unspecified atom stereocenters. The zero-order valence-corrected chi connectivity index (χ0v) is 11.4. The summed E-state index contributed by atoms with van der Waals surface area (Å²) in [6, 6.07) is 0.418. The largest absolute Gasteiger partial charge is 0.377 e. The summed E-state index contributed by atoms with van der Waals surface area (Å²) < 4.78 is 16.6. The van der Waals surface area contributed by atoms with Gasteiger partial charge in [-0.25, -0.2) is 0 Å². The summed E-state index contributed by atoms with van der Waals surface area (Å²) in [5.41, 5.74) is 0. The molecule has 2 atom stereocenters. The molecule has 0 aromatic carbocycles. The second kappa shape index (κ2) is 8.86. The van der Waals surface area contributed by atoms with E-state index >= 15 is 0 Å². The van der Waals surface area contributed by atoms with Crippen molar-refractivity contribution in [2.45, 2.75) is 58.5 Å². The predicted octanol–water partition coefficient (Wildman–Crippen LogP) is 1.93. The highest BCUT2D eigenvalue weighted by atomic mass is 16.7. The lowest BCUT2D eigenvalue weighted by Crippen LogP contribution is -2.38. The molecule has 0 radical (unpaired) electrons. The van der Waals surface area contributed by atoms with Crippen molar-refractivity contribution in [3.63, 3.8) is 0 Å². The van der Waals surface area contributed by atoms with Crippen LogP contribution in [-0.2, 0) is 14.2 Å². The number of hydrogen-bond acceptors (Lipinski definition) is 4. The van der Waals surface area contributed by atoms with Crippen molar-refractivity contribution in [1.82, 2.24) is 5.32 Å². The van der Waals surface area contributed by atoms with Gasteiger partial charge in [0.2, 0.25) is 0 Å². The lowest BCUT2D eigenvalue weighted by atomic mass is 10.1. The first-order chi connectivity index (χ1) is 8.27. The van der Waals surface area contributed by atoms with Gasteiger partial charge < -0.3 is 19.5 Å². The Balaban J connectivity index is 2.11. The molecular formula is C13H27NO3. The molecule has 0 bridgehead atoms. The van der Waals surface area contributed by atoms with Crippen molar-refractivity contribution < 1.29 is 14.2 Å². The number of ether oxygens (including phenoxy) is 3. The van der Waals surface area contributed by atoms with E-state index in [9.17, 15) is 0 Å². The Morgan fingerprint density at radius 2 is 2.00 bits per heavy atom. The van der Waals surface area contributed by atoms with Crippen molar-refractivity contribution in [2.24, 2.45) is 0 Å². The van der Waals surface area contributed by atoms with Gasteiger partial charge in [-0.2, -0.15) is 0 Å². The average Bonchev–Trinajstić information content (AvgIpc) is 2.83. The summed E-state index contributed by atoms with van der Waals surface area (Å²) in [7, 11) is 0. The molecule has 1 aliphatic rings. The number of nitrogens with one attached hydrogen (secondary N) is 1. The summed E-state index contributed by atoms with van der Waals surface area (Å²) in [4.78, 5) is 0. The van der Waals surface area contributed by atoms with Crippen LogP contribution in [0.25, 0.3) is 0 Å². The summed E-state index contributed by atoms with van der Waals surface area (Å²) >= 11 is 0. The maximum absolute atomic E-state index is 5.64. The fraction of sp³-hybridized carbons (Fsp3) is 1.00. The van der Waals surface area contributed by atoms with E-state index in [0.29, 0.717) is 25.4 Å². The van der Waals surface area contributed by atoms with Gasteiger partial charge in [0.25, 0.3) is 0 Å². The smallest absolute Gasteiger partial charge is 0.158 e. The maximum Gasteiger partial charge on any atom is 0.158 e. The molecule has 4 nitrogen and oxygen atoms in total. The predicted molar refractivity (Wildman–Crippen MR) is 68.1 cm³/mol. The minimum Gasteiger partial charge on any atom is -0.377 e. The highest BCUT2D eigenvalue weighted by molar-refractivity contribution is 4.76. The molecule has 1 aliphatic heterocycles. The van der Waals surface area contributed by atoms with Gasteiger partial charge in [0.15, 0.2) is 6.29 Å². The molecule has 0 aliphatic carbocycles. The fourth-order valence-electron chi connectivity index (χ4n) is 2.14. The second-order valence-corrected chi connectivity index (χ2v) is 4.42. The van der Waals surface area contributed by atoms with Crippen molar-refractivity contribution in [1.29, 1.82) is 0 Å². The molecular weight excluding hydrogens is 218 g/mol. The van der Waals surface area contributed by atoms with Crippen molar-refractivity contribution in [3.8, 4) is 0 Å². The molecule has 0 amide bonds. The van der Waals surface area contributed by atoms with Crippen LogP contribution in [0.2, 0.25) is 0 Å². The summed E-state index contributed by atoms with van der Waals surface area (Å²) in [6.45, 7) is 9.40. The zero-order chi connectivity index (χ0) is 12.5. The molecule has 0 saturated carbocycles. The first kappa shape index (κ1) is 14.9. The third-order valence-corrected chi connectivity index (χ3v) is 3.07. The van der Waals surface area contributed by atoms with Crippen LogP contribution in [0.1, 0.15) is 40.0 Å². The molecule has 1 saturated heterocycles. The van der Waals surface area contributed by atoms with Gasteiger partial charge in [-0.05, 0) is 33.6 Å². The lowest BCUT2D eigenvalue weighted by Gasteiger charge is -2.22. The van der Waals surface area contributed by atoms with E-state index in [1.165, 1.54) is 12.8 Å². The first-order valence-electron chi connectivity index (χ1n) is 6.86. The lowest BCUT2D eigenvalue weighted by molar-refractivity contribution is -0.139. The van der Waals surface area contributed by atoms with E-state index in [0.717, 1.165) is 19.6 Å². The van der Waals surface area contributed by atoms with E-state index in [1.807, 2.05) is 13.8 Å². The van der Waals surface area contributed by atoms with Crippen LogP contribution in [0.15, 0.2) is 0 Å². The third-order valence-electron chi connectivity index (χ3n) is 3.07. The SMILES string of the molecule is CCOC(CCNC(C)C1CCCO1)OCC. The van der Waals surface area contributed by atoms with Crippen LogP contribution in [0.4, 0.5) is 0 Å². The summed E-state index contributed by atoms with van der Waals surface area (Å²) in [6.07, 6.45) is 3.56. The van der Waals surface area contributed by atoms with E-state index in [1.54, 1.807) is 0 Å². The minimum absolute atomic E-state index is 0.0748. The molecule has 4 heteroatoms. The Morgan fingerprint density at radius 3 is 2.53 bits per heavy atom. The van der Waals surface area contributed by atoms with Gasteiger partial charge in [-0.1, -0.05) is 0 Å². The summed E-state index contributed by atoms with van der Waals surface area (Å²) in [5.74, 6) is 0. The molecule has 1 N–H and O–H groups in total. The van der Waals surface area contributed by atoms with E-state index < -0.39 is 0 Å².